The molecule has 6 heteroatoms. The summed E-state index contributed by atoms with van der Waals surface area (Å²) < 4.78 is 0. The van der Waals surface area contributed by atoms with Gasteiger partial charge >= 0.3 is 0 Å². The average molecular weight is 371 g/mol. The lowest BCUT2D eigenvalue weighted by molar-refractivity contribution is -0.135. The van der Waals surface area contributed by atoms with Crippen LogP contribution >= 0.6 is 11.3 Å². The van der Waals surface area contributed by atoms with Crippen LogP contribution in [0.3, 0.4) is 0 Å². The molecule has 0 saturated carbocycles. The number of hydrogen-bond acceptors (Lipinski definition) is 5. The van der Waals surface area contributed by atoms with Crippen molar-refractivity contribution < 1.29 is 4.79 Å². The van der Waals surface area contributed by atoms with Gasteiger partial charge in [0.25, 0.3) is 0 Å². The van der Waals surface area contributed by atoms with Gasteiger partial charge < -0.3 is 10.6 Å². The first kappa shape index (κ1) is 17.5. The molecule has 1 aromatic heterocycles. The second kappa shape index (κ2) is 7.76. The summed E-state index contributed by atoms with van der Waals surface area (Å²) in [7, 11) is 0. The minimum atomic E-state index is -0.0804. The summed E-state index contributed by atoms with van der Waals surface area (Å²) in [5.74, 6) is 0.169. The molecule has 138 valence electrons. The Balaban J connectivity index is 1.31. The zero-order valence-corrected chi connectivity index (χ0v) is 15.9. The van der Waals surface area contributed by atoms with Crippen molar-refractivity contribution in [3.05, 3.63) is 46.5 Å². The zero-order chi connectivity index (χ0) is 17.9. The fraction of sp³-hybridized carbons (Fsp3) is 0.500. The molecule has 1 aliphatic heterocycles. The molecule has 2 N–H and O–H groups in total. The van der Waals surface area contributed by atoms with Gasteiger partial charge in [-0.3, -0.25) is 9.69 Å². The Hall–Kier alpha value is -1.92. The largest absolute Gasteiger partial charge is 0.375 e. The number of nitrogen functional groups attached to an aromatic ring is 1. The number of amides is 1. The molecule has 1 saturated heterocycles. The number of carbonyl (C=O) groups excluding carboxylic acids is 1. The predicted octanol–water partition coefficient (Wildman–Crippen LogP) is 2.53. The number of benzene rings is 1. The number of hydrogen-bond donors (Lipinski definition) is 1. The van der Waals surface area contributed by atoms with E-state index in [0.29, 0.717) is 5.13 Å². The van der Waals surface area contributed by atoms with Gasteiger partial charge in [0.2, 0.25) is 5.91 Å². The van der Waals surface area contributed by atoms with Crippen molar-refractivity contribution >= 4 is 22.4 Å². The van der Waals surface area contributed by atoms with Crippen molar-refractivity contribution in [2.24, 2.45) is 0 Å². The first-order chi connectivity index (χ1) is 12.7. The van der Waals surface area contributed by atoms with E-state index in [9.17, 15) is 4.79 Å². The molecule has 5 nitrogen and oxygen atoms in total. The summed E-state index contributed by atoms with van der Waals surface area (Å²) in [6, 6.07) is 10.6. The number of aryl methyl sites for hydroxylation is 1. The van der Waals surface area contributed by atoms with Crippen LogP contribution in [0.4, 0.5) is 5.13 Å². The van der Waals surface area contributed by atoms with Crippen LogP contribution in [0.5, 0.6) is 0 Å². The molecule has 1 atom stereocenters. The van der Waals surface area contributed by atoms with Gasteiger partial charge in [-0.25, -0.2) is 4.98 Å². The standard InChI is InChI=1S/C20H26N4OS/c21-20-22-18-16(7-4-8-17(18)26-20)19(25)24-13-11-23(12-14-24)10-9-15-5-2-1-3-6-15/h1-3,5-6,16H,4,7-14H2,(H2,21,22). The number of thiazole rings is 1. The number of piperazine rings is 1. The van der Waals surface area contributed by atoms with Crippen molar-refractivity contribution in [3.63, 3.8) is 0 Å². The summed E-state index contributed by atoms with van der Waals surface area (Å²) in [4.78, 5) is 23.2. The fourth-order valence-electron chi connectivity index (χ4n) is 4.02. The third-order valence-electron chi connectivity index (χ3n) is 5.51. The molecule has 1 unspecified atom stereocenters. The van der Waals surface area contributed by atoms with Crippen LogP contribution in [0.15, 0.2) is 30.3 Å². The number of aromatic nitrogens is 1. The molecule has 1 amide bonds. The molecule has 26 heavy (non-hydrogen) atoms. The minimum Gasteiger partial charge on any atom is -0.375 e. The summed E-state index contributed by atoms with van der Waals surface area (Å²) >= 11 is 1.55. The lowest BCUT2D eigenvalue weighted by atomic mass is 9.89. The van der Waals surface area contributed by atoms with E-state index in [1.807, 2.05) is 4.90 Å². The lowest BCUT2D eigenvalue weighted by Crippen LogP contribution is -2.50. The fourth-order valence-corrected chi connectivity index (χ4v) is 4.96. The van der Waals surface area contributed by atoms with Crippen LogP contribution in [0.25, 0.3) is 0 Å². The van der Waals surface area contributed by atoms with E-state index in [4.69, 9.17) is 5.73 Å². The maximum atomic E-state index is 13.0. The van der Waals surface area contributed by atoms with Gasteiger partial charge in [0.15, 0.2) is 5.13 Å². The second-order valence-corrected chi connectivity index (χ2v) is 8.32. The maximum Gasteiger partial charge on any atom is 0.231 e. The van der Waals surface area contributed by atoms with Crippen molar-refractivity contribution in [2.45, 2.75) is 31.6 Å². The van der Waals surface area contributed by atoms with Gasteiger partial charge in [-0.15, -0.1) is 11.3 Å². The topological polar surface area (TPSA) is 62.5 Å². The molecule has 0 bridgehead atoms. The molecular formula is C20H26N4OS. The van der Waals surface area contributed by atoms with Gasteiger partial charge in [-0.05, 0) is 31.2 Å². The van der Waals surface area contributed by atoms with E-state index in [2.05, 4.69) is 40.2 Å². The van der Waals surface area contributed by atoms with Crippen LogP contribution in [-0.4, -0.2) is 53.4 Å². The SMILES string of the molecule is Nc1nc2c(s1)CCCC2C(=O)N1CCN(CCc2ccccc2)CC1. The summed E-state index contributed by atoms with van der Waals surface area (Å²) in [6.45, 7) is 4.61. The Bertz CT molecular complexity index is 752. The monoisotopic (exact) mass is 370 g/mol. The zero-order valence-electron chi connectivity index (χ0n) is 15.1. The van der Waals surface area contributed by atoms with Gasteiger partial charge in [-0.2, -0.15) is 0 Å². The van der Waals surface area contributed by atoms with E-state index in [1.165, 1.54) is 10.4 Å². The van der Waals surface area contributed by atoms with Gasteiger partial charge in [-0.1, -0.05) is 30.3 Å². The summed E-state index contributed by atoms with van der Waals surface area (Å²) in [5, 5.41) is 0.598. The highest BCUT2D eigenvalue weighted by Gasteiger charge is 2.34. The highest BCUT2D eigenvalue weighted by molar-refractivity contribution is 7.15. The van der Waals surface area contributed by atoms with Crippen LogP contribution in [0.2, 0.25) is 0 Å². The first-order valence-electron chi connectivity index (χ1n) is 9.51. The van der Waals surface area contributed by atoms with Crippen molar-refractivity contribution in [3.8, 4) is 0 Å². The number of nitrogens with two attached hydrogens (primary N) is 1. The first-order valence-corrected chi connectivity index (χ1v) is 10.3. The number of carbonyl (C=O) groups is 1. The van der Waals surface area contributed by atoms with Gasteiger partial charge in [0.05, 0.1) is 11.6 Å². The Kier molecular flexibility index (Phi) is 5.22. The molecule has 2 aliphatic rings. The van der Waals surface area contributed by atoms with Gasteiger partial charge in [0.1, 0.15) is 0 Å². The Morgan fingerprint density at radius 3 is 2.73 bits per heavy atom. The van der Waals surface area contributed by atoms with Crippen molar-refractivity contribution in [2.75, 3.05) is 38.5 Å². The summed E-state index contributed by atoms with van der Waals surface area (Å²) in [5.41, 5.74) is 8.21. The minimum absolute atomic E-state index is 0.0804. The Morgan fingerprint density at radius 1 is 1.19 bits per heavy atom. The third-order valence-corrected chi connectivity index (χ3v) is 6.47. The van der Waals surface area contributed by atoms with E-state index < -0.39 is 0 Å². The van der Waals surface area contributed by atoms with E-state index >= 15 is 0 Å². The number of rotatable bonds is 4. The number of nitrogens with zero attached hydrogens (tertiary/aromatic N) is 3. The van der Waals surface area contributed by atoms with E-state index in [0.717, 1.165) is 64.1 Å². The smallest absolute Gasteiger partial charge is 0.231 e. The van der Waals surface area contributed by atoms with E-state index in [-0.39, 0.29) is 11.8 Å². The molecule has 4 rings (SSSR count). The third kappa shape index (κ3) is 3.76. The number of anilines is 1. The molecule has 2 heterocycles. The molecule has 0 spiro atoms. The Morgan fingerprint density at radius 2 is 1.96 bits per heavy atom. The molecule has 2 aromatic rings. The second-order valence-electron chi connectivity index (χ2n) is 7.21. The molecule has 1 aliphatic carbocycles. The normalized spacial score (nSPS) is 20.8. The molecule has 0 radical (unpaired) electrons. The maximum absolute atomic E-state index is 13.0. The number of fused-ring (bicyclic) bond motifs is 1. The molecule has 1 fully saturated rings. The lowest BCUT2D eigenvalue weighted by Gasteiger charge is -2.37. The highest BCUT2D eigenvalue weighted by atomic mass is 32.1. The average Bonchev–Trinajstić information content (AvgIpc) is 3.07. The predicted molar refractivity (Wildman–Crippen MR) is 105 cm³/mol. The summed E-state index contributed by atoms with van der Waals surface area (Å²) in [6.07, 6.45) is 4.05. The Labute approximate surface area is 158 Å². The molecular weight excluding hydrogens is 344 g/mol. The van der Waals surface area contributed by atoms with Crippen LogP contribution in [0.1, 0.15) is 34.9 Å². The van der Waals surface area contributed by atoms with Crippen molar-refractivity contribution in [1.82, 2.24) is 14.8 Å². The highest BCUT2D eigenvalue weighted by Crippen LogP contribution is 2.36. The van der Waals surface area contributed by atoms with E-state index in [1.54, 1.807) is 11.3 Å². The molecule has 1 aromatic carbocycles. The van der Waals surface area contributed by atoms with Crippen molar-refractivity contribution in [1.29, 1.82) is 0 Å². The quantitative estimate of drug-likeness (QED) is 0.898. The van der Waals surface area contributed by atoms with Crippen LogP contribution < -0.4 is 5.73 Å². The van der Waals surface area contributed by atoms with Crippen LogP contribution in [0, 0.1) is 0 Å². The van der Waals surface area contributed by atoms with Gasteiger partial charge in [0, 0.05) is 37.6 Å². The van der Waals surface area contributed by atoms with Crippen LogP contribution in [-0.2, 0) is 17.6 Å².